The summed E-state index contributed by atoms with van der Waals surface area (Å²) in [7, 11) is 1.97. The highest BCUT2D eigenvalue weighted by molar-refractivity contribution is 7.09. The predicted octanol–water partition coefficient (Wildman–Crippen LogP) is -0.642. The number of aromatic nitrogens is 3. The van der Waals surface area contributed by atoms with E-state index < -0.39 is 0 Å². The van der Waals surface area contributed by atoms with Gasteiger partial charge in [0.15, 0.2) is 0 Å². The SMILES string of the molecule is CN(CC1CNCCO1)c1nnns1. The van der Waals surface area contributed by atoms with Crippen LogP contribution in [0.3, 0.4) is 0 Å². The molecule has 1 fully saturated rings. The van der Waals surface area contributed by atoms with E-state index in [1.54, 1.807) is 0 Å². The molecule has 0 spiro atoms. The number of nitrogens with one attached hydrogen (secondary N) is 1. The van der Waals surface area contributed by atoms with Gasteiger partial charge in [-0.2, -0.15) is 0 Å². The van der Waals surface area contributed by atoms with Crippen molar-refractivity contribution >= 4 is 16.7 Å². The summed E-state index contributed by atoms with van der Waals surface area (Å²) >= 11 is 1.30. The van der Waals surface area contributed by atoms with Gasteiger partial charge in [0.25, 0.3) is 0 Å². The van der Waals surface area contributed by atoms with E-state index >= 15 is 0 Å². The van der Waals surface area contributed by atoms with Crippen LogP contribution in [0, 0.1) is 0 Å². The summed E-state index contributed by atoms with van der Waals surface area (Å²) in [5.74, 6) is 0. The Balaban J connectivity index is 1.84. The van der Waals surface area contributed by atoms with Gasteiger partial charge in [0.05, 0.1) is 12.7 Å². The van der Waals surface area contributed by atoms with Gasteiger partial charge in [-0.05, 0) is 5.21 Å². The van der Waals surface area contributed by atoms with Crippen LogP contribution < -0.4 is 10.2 Å². The van der Waals surface area contributed by atoms with Crippen LogP contribution in [-0.2, 0) is 4.74 Å². The van der Waals surface area contributed by atoms with Gasteiger partial charge in [0.1, 0.15) is 0 Å². The van der Waals surface area contributed by atoms with Gasteiger partial charge in [-0.15, -0.1) is 0 Å². The Labute approximate surface area is 86.4 Å². The second-order valence-corrected chi connectivity index (χ2v) is 3.93. The highest BCUT2D eigenvalue weighted by atomic mass is 32.1. The summed E-state index contributed by atoms with van der Waals surface area (Å²) in [6, 6.07) is 0. The van der Waals surface area contributed by atoms with Crippen molar-refractivity contribution in [2.24, 2.45) is 0 Å². The molecular weight excluding hydrogens is 202 g/mol. The standard InChI is InChI=1S/C7H13N5OS/c1-12(7-9-10-11-14-7)5-6-4-8-2-3-13-6/h6,8H,2-5H2,1H3. The van der Waals surface area contributed by atoms with Gasteiger partial charge < -0.3 is 15.0 Å². The minimum Gasteiger partial charge on any atom is -0.374 e. The van der Waals surface area contributed by atoms with Crippen molar-refractivity contribution in [1.82, 2.24) is 20.1 Å². The normalized spacial score (nSPS) is 22.2. The molecule has 2 rings (SSSR count). The Bertz CT molecular complexity index is 261. The van der Waals surface area contributed by atoms with E-state index in [1.165, 1.54) is 11.5 Å². The van der Waals surface area contributed by atoms with Gasteiger partial charge in [-0.25, -0.2) is 0 Å². The molecule has 6 nitrogen and oxygen atoms in total. The summed E-state index contributed by atoms with van der Waals surface area (Å²) in [4.78, 5) is 2.02. The maximum atomic E-state index is 5.58. The van der Waals surface area contributed by atoms with Crippen LogP contribution in [0.1, 0.15) is 0 Å². The molecule has 1 saturated heterocycles. The minimum absolute atomic E-state index is 0.234. The number of likely N-dealkylation sites (N-methyl/N-ethyl adjacent to an activating group) is 1. The smallest absolute Gasteiger partial charge is 0.227 e. The van der Waals surface area contributed by atoms with Crippen molar-refractivity contribution in [3.8, 4) is 0 Å². The molecule has 1 unspecified atom stereocenters. The number of hydrogen-bond acceptors (Lipinski definition) is 7. The molecule has 0 aromatic carbocycles. The summed E-state index contributed by atoms with van der Waals surface area (Å²) in [6.07, 6.45) is 0.234. The quantitative estimate of drug-likeness (QED) is 0.723. The molecule has 0 amide bonds. The van der Waals surface area contributed by atoms with Crippen LogP contribution in [0.5, 0.6) is 0 Å². The van der Waals surface area contributed by atoms with E-state index in [1.807, 2.05) is 11.9 Å². The molecule has 14 heavy (non-hydrogen) atoms. The summed E-state index contributed by atoms with van der Waals surface area (Å²) < 4.78 is 9.30. The maximum Gasteiger partial charge on any atom is 0.227 e. The van der Waals surface area contributed by atoms with Crippen molar-refractivity contribution in [3.63, 3.8) is 0 Å². The maximum absolute atomic E-state index is 5.58. The molecule has 1 N–H and O–H groups in total. The lowest BCUT2D eigenvalue weighted by Gasteiger charge is -2.27. The Morgan fingerprint density at radius 1 is 1.71 bits per heavy atom. The topological polar surface area (TPSA) is 63.2 Å². The second-order valence-electron chi connectivity index (χ2n) is 3.22. The average Bonchev–Trinajstić information content (AvgIpc) is 2.72. The van der Waals surface area contributed by atoms with Gasteiger partial charge >= 0.3 is 0 Å². The minimum atomic E-state index is 0.234. The van der Waals surface area contributed by atoms with Gasteiger partial charge in [-0.1, -0.05) is 9.59 Å². The van der Waals surface area contributed by atoms with Crippen LogP contribution in [0.2, 0.25) is 0 Å². The van der Waals surface area contributed by atoms with Crippen molar-refractivity contribution in [2.45, 2.75) is 6.10 Å². The summed E-state index contributed by atoms with van der Waals surface area (Å²) in [5, 5.41) is 11.6. The highest BCUT2D eigenvalue weighted by Crippen LogP contribution is 2.12. The molecule has 2 heterocycles. The summed E-state index contributed by atoms with van der Waals surface area (Å²) in [5.41, 5.74) is 0. The van der Waals surface area contributed by atoms with E-state index in [4.69, 9.17) is 4.74 Å². The van der Waals surface area contributed by atoms with Crippen LogP contribution in [-0.4, -0.2) is 54.2 Å². The largest absolute Gasteiger partial charge is 0.374 e. The number of anilines is 1. The van der Waals surface area contributed by atoms with E-state index in [-0.39, 0.29) is 6.10 Å². The van der Waals surface area contributed by atoms with Crippen LogP contribution in [0.4, 0.5) is 5.13 Å². The number of rotatable bonds is 3. The van der Waals surface area contributed by atoms with Gasteiger partial charge in [0, 0.05) is 38.2 Å². The first-order chi connectivity index (χ1) is 6.86. The van der Waals surface area contributed by atoms with E-state index in [0.717, 1.165) is 31.4 Å². The number of morpholine rings is 1. The number of nitrogens with zero attached hydrogens (tertiary/aromatic N) is 4. The van der Waals surface area contributed by atoms with Crippen molar-refractivity contribution in [2.75, 3.05) is 38.2 Å². The lowest BCUT2D eigenvalue weighted by molar-refractivity contribution is 0.0340. The molecule has 0 radical (unpaired) electrons. The lowest BCUT2D eigenvalue weighted by Crippen LogP contribution is -2.44. The third-order valence-corrected chi connectivity index (χ3v) is 2.81. The Kier molecular flexibility index (Phi) is 3.22. The number of hydrogen-bond donors (Lipinski definition) is 1. The monoisotopic (exact) mass is 215 g/mol. The number of ether oxygens (including phenoxy) is 1. The molecule has 7 heteroatoms. The fourth-order valence-corrected chi connectivity index (χ4v) is 1.83. The molecule has 1 aromatic rings. The zero-order valence-electron chi connectivity index (χ0n) is 8.01. The third-order valence-electron chi connectivity index (χ3n) is 2.10. The molecule has 1 aliphatic heterocycles. The van der Waals surface area contributed by atoms with Crippen molar-refractivity contribution < 1.29 is 4.74 Å². The van der Waals surface area contributed by atoms with Crippen LogP contribution in [0.25, 0.3) is 0 Å². The first-order valence-corrected chi connectivity index (χ1v) is 5.32. The van der Waals surface area contributed by atoms with Crippen LogP contribution in [0.15, 0.2) is 0 Å². The van der Waals surface area contributed by atoms with Gasteiger partial charge in [-0.3, -0.25) is 0 Å². The lowest BCUT2D eigenvalue weighted by atomic mass is 10.3. The molecule has 1 aromatic heterocycles. The highest BCUT2D eigenvalue weighted by Gasteiger charge is 2.17. The second kappa shape index (κ2) is 4.63. The Hall–Kier alpha value is -0.790. The molecule has 1 atom stereocenters. The third kappa shape index (κ3) is 2.37. The first-order valence-electron chi connectivity index (χ1n) is 4.55. The van der Waals surface area contributed by atoms with Crippen molar-refractivity contribution in [3.05, 3.63) is 0 Å². The molecule has 0 bridgehead atoms. The first kappa shape index (κ1) is 9.75. The predicted molar refractivity (Wildman–Crippen MR) is 53.6 cm³/mol. The molecule has 1 aliphatic rings. The average molecular weight is 215 g/mol. The van der Waals surface area contributed by atoms with E-state index in [0.29, 0.717) is 0 Å². The molecular formula is C7H13N5OS. The fourth-order valence-electron chi connectivity index (χ4n) is 1.40. The molecule has 0 saturated carbocycles. The Morgan fingerprint density at radius 3 is 3.29 bits per heavy atom. The molecule has 78 valence electrons. The zero-order valence-corrected chi connectivity index (χ0v) is 8.83. The molecule has 0 aliphatic carbocycles. The zero-order chi connectivity index (χ0) is 9.80. The summed E-state index contributed by atoms with van der Waals surface area (Å²) in [6.45, 7) is 3.45. The van der Waals surface area contributed by atoms with Gasteiger partial charge in [0.2, 0.25) is 5.13 Å². The van der Waals surface area contributed by atoms with E-state index in [9.17, 15) is 0 Å². The Morgan fingerprint density at radius 2 is 2.64 bits per heavy atom. The fraction of sp³-hybridized carbons (Fsp3) is 0.857. The van der Waals surface area contributed by atoms with Crippen molar-refractivity contribution in [1.29, 1.82) is 0 Å². The van der Waals surface area contributed by atoms with Crippen LogP contribution >= 0.6 is 11.5 Å². The van der Waals surface area contributed by atoms with E-state index in [2.05, 4.69) is 20.1 Å².